The molecule has 0 radical (unpaired) electrons. The van der Waals surface area contributed by atoms with Crippen LogP contribution in [0.5, 0.6) is 0 Å². The molecule has 0 aromatic carbocycles. The highest BCUT2D eigenvalue weighted by Crippen LogP contribution is 2.03. The maximum Gasteiger partial charge on any atom is 0.178 e. The van der Waals surface area contributed by atoms with Gasteiger partial charge in [-0.25, -0.2) is 0 Å². The number of H-pyrrole nitrogens is 1. The zero-order chi connectivity index (χ0) is 12.5. The van der Waals surface area contributed by atoms with E-state index >= 15 is 0 Å². The van der Waals surface area contributed by atoms with Gasteiger partial charge < -0.3 is 14.3 Å². The molecule has 1 heterocycles. The minimum Gasteiger partial charge on any atom is -0.502 e. The molecule has 5 heteroatoms. The summed E-state index contributed by atoms with van der Waals surface area (Å²) in [6, 6.07) is 1.86. The number of aromatic amines is 1. The fourth-order valence-corrected chi connectivity index (χ4v) is 2.01. The number of hydrogen-bond donors (Lipinski definition) is 1. The highest BCUT2D eigenvalue weighted by Gasteiger charge is 1.93. The smallest absolute Gasteiger partial charge is 0.178 e. The second-order valence-corrected chi connectivity index (χ2v) is 4.58. The Morgan fingerprint density at radius 1 is 1.29 bits per heavy atom. The van der Waals surface area contributed by atoms with E-state index in [0.29, 0.717) is 9.41 Å². The van der Waals surface area contributed by atoms with E-state index in [1.165, 1.54) is 19.1 Å². The van der Waals surface area contributed by atoms with Crippen molar-refractivity contribution in [2.45, 2.75) is 32.2 Å². The van der Waals surface area contributed by atoms with E-state index in [-0.39, 0.29) is 0 Å². The monoisotopic (exact) mass is 270 g/mol. The van der Waals surface area contributed by atoms with E-state index in [4.69, 9.17) is 29.2 Å². The predicted molar refractivity (Wildman–Crippen MR) is 75.1 cm³/mol. The van der Waals surface area contributed by atoms with Crippen LogP contribution in [0.15, 0.2) is 25.1 Å². The molecule has 0 spiro atoms. The first-order chi connectivity index (χ1) is 8.24. The summed E-state index contributed by atoms with van der Waals surface area (Å²) in [6.07, 6.45) is 7.98. The van der Waals surface area contributed by atoms with E-state index in [2.05, 4.69) is 11.6 Å². The van der Waals surface area contributed by atoms with Crippen LogP contribution in [0.3, 0.4) is 0 Å². The Balaban J connectivity index is 2.20. The van der Waals surface area contributed by atoms with Gasteiger partial charge in [0.05, 0.1) is 12.9 Å². The van der Waals surface area contributed by atoms with Crippen molar-refractivity contribution in [1.29, 1.82) is 0 Å². The van der Waals surface area contributed by atoms with E-state index in [1.54, 1.807) is 0 Å². The van der Waals surface area contributed by atoms with Crippen molar-refractivity contribution in [2.24, 2.45) is 0 Å². The lowest BCUT2D eigenvalue weighted by molar-refractivity contribution is 0.241. The molecule has 0 aliphatic heterocycles. The molecule has 0 bridgehead atoms. The molecule has 0 unspecified atom stereocenters. The summed E-state index contributed by atoms with van der Waals surface area (Å²) >= 11 is 10.2. The zero-order valence-corrected chi connectivity index (χ0v) is 11.5. The van der Waals surface area contributed by atoms with Crippen LogP contribution in [0.1, 0.15) is 25.7 Å². The van der Waals surface area contributed by atoms with Crippen LogP contribution < -0.4 is 0 Å². The second-order valence-electron chi connectivity index (χ2n) is 3.76. The van der Waals surface area contributed by atoms with Gasteiger partial charge in [-0.15, -0.1) is 0 Å². The topological polar surface area (TPSA) is 29.9 Å². The molecule has 1 aromatic rings. The molecule has 0 amide bonds. The van der Waals surface area contributed by atoms with Gasteiger partial charge in [0.25, 0.3) is 0 Å². The van der Waals surface area contributed by atoms with Crippen LogP contribution >= 0.6 is 24.4 Å². The van der Waals surface area contributed by atoms with Crippen molar-refractivity contribution in [3.8, 4) is 0 Å². The Kier molecular flexibility index (Phi) is 6.81. The van der Waals surface area contributed by atoms with E-state index in [0.717, 1.165) is 26.0 Å². The first kappa shape index (κ1) is 14.1. The van der Waals surface area contributed by atoms with Crippen LogP contribution in [0.2, 0.25) is 0 Å². The van der Waals surface area contributed by atoms with Gasteiger partial charge in [-0.05, 0) is 31.1 Å². The number of unbranched alkanes of at least 4 members (excludes halogenated alkanes) is 3. The van der Waals surface area contributed by atoms with Gasteiger partial charge in [0.1, 0.15) is 4.64 Å². The molecular formula is C12H18N2OS2. The number of hydrogen-bond acceptors (Lipinski definition) is 3. The summed E-state index contributed by atoms with van der Waals surface area (Å²) in [4.78, 5) is 2.97. The average molecular weight is 270 g/mol. The van der Waals surface area contributed by atoms with Crippen molar-refractivity contribution in [3.05, 3.63) is 34.5 Å². The summed E-state index contributed by atoms with van der Waals surface area (Å²) in [5.41, 5.74) is 0. The SMILES string of the molecule is C=COCCCCCCn1ccc(=S)[nH]c1=S. The molecular weight excluding hydrogens is 252 g/mol. The number of aryl methyl sites for hydroxylation is 1. The molecule has 17 heavy (non-hydrogen) atoms. The molecule has 0 atom stereocenters. The Morgan fingerprint density at radius 3 is 2.76 bits per heavy atom. The van der Waals surface area contributed by atoms with Gasteiger partial charge in [0, 0.05) is 12.7 Å². The molecule has 0 aliphatic carbocycles. The summed E-state index contributed by atoms with van der Waals surface area (Å²) in [5, 5.41) is 0. The second kappa shape index (κ2) is 8.20. The number of nitrogens with one attached hydrogen (secondary N) is 1. The number of ether oxygens (including phenoxy) is 1. The largest absolute Gasteiger partial charge is 0.502 e. The standard InChI is InChI=1S/C12H18N2OS2/c1-2-15-10-6-4-3-5-8-14-9-7-11(16)13-12(14)17/h2,7,9H,1,3-6,8,10H2,(H,13,16,17). The first-order valence-corrected chi connectivity index (χ1v) is 6.58. The minimum atomic E-state index is 0.688. The van der Waals surface area contributed by atoms with E-state index in [1.807, 2.05) is 16.8 Å². The highest BCUT2D eigenvalue weighted by molar-refractivity contribution is 7.72. The maximum atomic E-state index is 5.18. The third kappa shape index (κ3) is 5.79. The van der Waals surface area contributed by atoms with E-state index in [9.17, 15) is 0 Å². The van der Waals surface area contributed by atoms with Gasteiger partial charge in [0.2, 0.25) is 0 Å². The predicted octanol–water partition coefficient (Wildman–Crippen LogP) is 4.00. The fourth-order valence-electron chi connectivity index (χ4n) is 1.52. The summed E-state index contributed by atoms with van der Waals surface area (Å²) in [7, 11) is 0. The Bertz CT molecular complexity index is 450. The summed E-state index contributed by atoms with van der Waals surface area (Å²) in [5.74, 6) is 0. The van der Waals surface area contributed by atoms with Crippen molar-refractivity contribution in [3.63, 3.8) is 0 Å². The van der Waals surface area contributed by atoms with Crippen LogP contribution in [-0.2, 0) is 11.3 Å². The minimum absolute atomic E-state index is 0.688. The molecule has 0 fully saturated rings. The molecule has 3 nitrogen and oxygen atoms in total. The summed E-state index contributed by atoms with van der Waals surface area (Å²) in [6.45, 7) is 5.20. The van der Waals surface area contributed by atoms with Crippen LogP contribution in [-0.4, -0.2) is 16.2 Å². The lowest BCUT2D eigenvalue weighted by Crippen LogP contribution is -2.01. The number of rotatable bonds is 8. The van der Waals surface area contributed by atoms with Crippen LogP contribution in [0, 0.1) is 9.41 Å². The van der Waals surface area contributed by atoms with Crippen molar-refractivity contribution < 1.29 is 4.74 Å². The van der Waals surface area contributed by atoms with Crippen molar-refractivity contribution in [1.82, 2.24) is 9.55 Å². The zero-order valence-electron chi connectivity index (χ0n) is 9.85. The lowest BCUT2D eigenvalue weighted by Gasteiger charge is -2.06. The van der Waals surface area contributed by atoms with Crippen LogP contribution in [0.25, 0.3) is 0 Å². The van der Waals surface area contributed by atoms with E-state index < -0.39 is 0 Å². The molecule has 0 saturated carbocycles. The third-order valence-electron chi connectivity index (χ3n) is 2.43. The molecule has 1 aromatic heterocycles. The van der Waals surface area contributed by atoms with Gasteiger partial charge in [-0.3, -0.25) is 0 Å². The molecule has 0 aliphatic rings. The summed E-state index contributed by atoms with van der Waals surface area (Å²) < 4.78 is 8.46. The molecule has 94 valence electrons. The lowest BCUT2D eigenvalue weighted by atomic mass is 10.2. The van der Waals surface area contributed by atoms with Gasteiger partial charge in [0.15, 0.2) is 4.77 Å². The Morgan fingerprint density at radius 2 is 2.06 bits per heavy atom. The normalized spacial score (nSPS) is 10.1. The molecule has 1 rings (SSSR count). The van der Waals surface area contributed by atoms with Crippen molar-refractivity contribution >= 4 is 24.4 Å². The Labute approximate surface area is 112 Å². The number of aromatic nitrogens is 2. The first-order valence-electron chi connectivity index (χ1n) is 5.76. The van der Waals surface area contributed by atoms with Crippen LogP contribution in [0.4, 0.5) is 0 Å². The average Bonchev–Trinajstić information content (AvgIpc) is 2.30. The number of nitrogens with zero attached hydrogens (tertiary/aromatic N) is 1. The molecule has 1 N–H and O–H groups in total. The maximum absolute atomic E-state index is 5.18. The third-order valence-corrected chi connectivity index (χ3v) is 3.00. The quantitative estimate of drug-likeness (QED) is 0.440. The molecule has 0 saturated heterocycles. The highest BCUT2D eigenvalue weighted by atomic mass is 32.1. The van der Waals surface area contributed by atoms with Gasteiger partial charge in [-0.2, -0.15) is 0 Å². The van der Waals surface area contributed by atoms with Gasteiger partial charge >= 0.3 is 0 Å². The van der Waals surface area contributed by atoms with Gasteiger partial charge in [-0.1, -0.05) is 31.6 Å². The van der Waals surface area contributed by atoms with Crippen molar-refractivity contribution in [2.75, 3.05) is 6.61 Å². The fraction of sp³-hybridized carbons (Fsp3) is 0.500. The Hall–Kier alpha value is -0.940.